The third-order valence-electron chi connectivity index (χ3n) is 4.16. The summed E-state index contributed by atoms with van der Waals surface area (Å²) in [6, 6.07) is 3.73. The van der Waals surface area contributed by atoms with Crippen molar-refractivity contribution in [3.05, 3.63) is 34.3 Å². The lowest BCUT2D eigenvalue weighted by Crippen LogP contribution is -2.38. The average molecular weight is 349 g/mol. The Morgan fingerprint density at radius 3 is 2.92 bits per heavy atom. The maximum atomic E-state index is 12.4. The maximum absolute atomic E-state index is 12.4. The number of hydrogen-bond donors (Lipinski definition) is 2. The summed E-state index contributed by atoms with van der Waals surface area (Å²) in [6.07, 6.45) is 1.79. The van der Waals surface area contributed by atoms with Crippen molar-refractivity contribution in [3.8, 4) is 0 Å². The van der Waals surface area contributed by atoms with Gasteiger partial charge in [0.05, 0.1) is 18.7 Å². The smallest absolute Gasteiger partial charge is 0.317 e. The molecule has 0 saturated carbocycles. The van der Waals surface area contributed by atoms with Gasteiger partial charge in [0.2, 0.25) is 0 Å². The molecule has 9 heteroatoms. The minimum Gasteiger partial charge on any atom is -0.481 e. The molecule has 2 aromatic rings. The number of carboxylic acid groups (broad SMARTS) is 1. The Balaban J connectivity index is 1.66. The Bertz CT molecular complexity index is 715. The molecule has 2 aromatic heterocycles. The topological polar surface area (TPSA) is 100 Å². The minimum absolute atomic E-state index is 0.00987. The van der Waals surface area contributed by atoms with E-state index in [0.717, 1.165) is 10.6 Å². The van der Waals surface area contributed by atoms with Gasteiger partial charge in [-0.25, -0.2) is 4.79 Å². The third-order valence-corrected chi connectivity index (χ3v) is 5.04. The number of thiophene rings is 1. The summed E-state index contributed by atoms with van der Waals surface area (Å²) in [4.78, 5) is 26.3. The number of likely N-dealkylation sites (tertiary alicyclic amines) is 1. The zero-order chi connectivity index (χ0) is 17.1. The van der Waals surface area contributed by atoms with Crippen LogP contribution in [0.15, 0.2) is 23.7 Å². The molecule has 8 nitrogen and oxygen atoms in total. The number of aryl methyl sites for hydroxylation is 1. The molecule has 2 amide bonds. The molecule has 0 spiro atoms. The first-order valence-corrected chi connectivity index (χ1v) is 8.54. The lowest BCUT2D eigenvalue weighted by Gasteiger charge is -2.16. The normalized spacial score (nSPS) is 20.3. The molecule has 1 aliphatic rings. The fraction of sp³-hybridized carbons (Fsp3) is 0.467. The molecule has 0 radical (unpaired) electrons. The fourth-order valence-corrected chi connectivity index (χ4v) is 3.67. The van der Waals surface area contributed by atoms with Crippen LogP contribution in [0.5, 0.6) is 0 Å². The number of nitrogens with zero attached hydrogens (tertiary/aromatic N) is 4. The van der Waals surface area contributed by atoms with Gasteiger partial charge in [-0.2, -0.15) is 0 Å². The number of urea groups is 1. The number of hydrogen-bond acceptors (Lipinski definition) is 5. The minimum atomic E-state index is -0.866. The standard InChI is InChI=1S/C15H19N5O3S/c1-19-9-13(17-18-19)12-8-20(7-10(12)5-14(21)22)15(23)16-6-11-3-2-4-24-11/h2-4,9-10,12H,5-8H2,1H3,(H,16,23)(H,21,22)/t10-,12+/m0/s1. The SMILES string of the molecule is Cn1cc([C@@H]2CN(C(=O)NCc3cccs3)C[C@@H]2CC(=O)O)nn1. The van der Waals surface area contributed by atoms with E-state index in [1.807, 2.05) is 17.5 Å². The Morgan fingerprint density at radius 2 is 2.29 bits per heavy atom. The number of carboxylic acids is 1. The van der Waals surface area contributed by atoms with Crippen molar-refractivity contribution in [1.29, 1.82) is 0 Å². The molecule has 0 aromatic carbocycles. The van der Waals surface area contributed by atoms with Crippen molar-refractivity contribution in [2.45, 2.75) is 18.9 Å². The predicted octanol–water partition coefficient (Wildman–Crippen LogP) is 1.28. The number of carbonyl (C=O) groups is 2. The molecule has 2 N–H and O–H groups in total. The van der Waals surface area contributed by atoms with E-state index in [9.17, 15) is 9.59 Å². The number of amides is 2. The van der Waals surface area contributed by atoms with Gasteiger partial charge in [-0.05, 0) is 17.4 Å². The summed E-state index contributed by atoms with van der Waals surface area (Å²) in [5, 5.41) is 22.0. The molecule has 0 aliphatic carbocycles. The van der Waals surface area contributed by atoms with Crippen LogP contribution < -0.4 is 5.32 Å². The molecular formula is C15H19N5O3S. The highest BCUT2D eigenvalue weighted by atomic mass is 32.1. The van der Waals surface area contributed by atoms with Crippen molar-refractivity contribution in [3.63, 3.8) is 0 Å². The van der Waals surface area contributed by atoms with Gasteiger partial charge in [0.1, 0.15) is 0 Å². The summed E-state index contributed by atoms with van der Waals surface area (Å²) in [6.45, 7) is 1.34. The molecule has 0 unspecified atom stereocenters. The second-order valence-electron chi connectivity index (χ2n) is 5.92. The van der Waals surface area contributed by atoms with E-state index in [1.165, 1.54) is 0 Å². The molecule has 2 atom stereocenters. The zero-order valence-corrected chi connectivity index (χ0v) is 14.1. The van der Waals surface area contributed by atoms with Gasteiger partial charge in [0.25, 0.3) is 0 Å². The van der Waals surface area contributed by atoms with Crippen molar-refractivity contribution >= 4 is 23.3 Å². The monoisotopic (exact) mass is 349 g/mol. The van der Waals surface area contributed by atoms with Gasteiger partial charge < -0.3 is 15.3 Å². The fourth-order valence-electron chi connectivity index (χ4n) is 3.03. The molecule has 3 heterocycles. The number of rotatable bonds is 5. The lowest BCUT2D eigenvalue weighted by atomic mass is 9.91. The number of carbonyl (C=O) groups excluding carboxylic acids is 1. The first-order chi connectivity index (χ1) is 11.5. The van der Waals surface area contributed by atoms with Gasteiger partial charge in [-0.3, -0.25) is 9.48 Å². The Morgan fingerprint density at radius 1 is 1.46 bits per heavy atom. The van der Waals surface area contributed by atoms with Crippen LogP contribution >= 0.6 is 11.3 Å². The van der Waals surface area contributed by atoms with Gasteiger partial charge in [-0.15, -0.1) is 16.4 Å². The van der Waals surface area contributed by atoms with Crippen LogP contribution in [-0.2, 0) is 18.4 Å². The van der Waals surface area contributed by atoms with E-state index in [4.69, 9.17) is 5.11 Å². The Kier molecular flexibility index (Phi) is 4.79. The highest BCUT2D eigenvalue weighted by Crippen LogP contribution is 2.33. The number of aromatic nitrogens is 3. The van der Waals surface area contributed by atoms with E-state index in [0.29, 0.717) is 19.6 Å². The summed E-state index contributed by atoms with van der Waals surface area (Å²) in [7, 11) is 1.77. The summed E-state index contributed by atoms with van der Waals surface area (Å²) < 4.78 is 1.59. The van der Waals surface area contributed by atoms with Crippen LogP contribution in [0.3, 0.4) is 0 Å². The van der Waals surface area contributed by atoms with Crippen LogP contribution in [0.2, 0.25) is 0 Å². The van der Waals surface area contributed by atoms with Crippen molar-refractivity contribution in [2.75, 3.05) is 13.1 Å². The van der Waals surface area contributed by atoms with Gasteiger partial charge in [-0.1, -0.05) is 11.3 Å². The average Bonchev–Trinajstić information content (AvgIpc) is 3.24. The van der Waals surface area contributed by atoms with Gasteiger partial charge in [0, 0.05) is 37.1 Å². The summed E-state index contributed by atoms with van der Waals surface area (Å²) in [5.74, 6) is -1.14. The van der Waals surface area contributed by atoms with Crippen molar-refractivity contribution < 1.29 is 14.7 Å². The van der Waals surface area contributed by atoms with Crippen LogP contribution in [0.4, 0.5) is 4.79 Å². The molecule has 0 bridgehead atoms. The first kappa shape index (κ1) is 16.4. The Labute approximate surface area is 143 Å². The van der Waals surface area contributed by atoms with E-state index >= 15 is 0 Å². The number of nitrogens with one attached hydrogen (secondary N) is 1. The molecule has 1 aliphatic heterocycles. The number of aliphatic carboxylic acids is 1. The van der Waals surface area contributed by atoms with Crippen LogP contribution in [0.25, 0.3) is 0 Å². The molecule has 1 fully saturated rings. The predicted molar refractivity (Wildman–Crippen MR) is 87.6 cm³/mol. The third kappa shape index (κ3) is 3.73. The molecule has 24 heavy (non-hydrogen) atoms. The Hall–Kier alpha value is -2.42. The van der Waals surface area contributed by atoms with Crippen LogP contribution in [-0.4, -0.2) is 50.1 Å². The summed E-state index contributed by atoms with van der Waals surface area (Å²) in [5.41, 5.74) is 0.734. The second-order valence-corrected chi connectivity index (χ2v) is 6.96. The molecule has 128 valence electrons. The highest BCUT2D eigenvalue weighted by molar-refractivity contribution is 7.09. The van der Waals surface area contributed by atoms with E-state index in [1.54, 1.807) is 34.2 Å². The second kappa shape index (κ2) is 7.00. The summed E-state index contributed by atoms with van der Waals surface area (Å²) >= 11 is 1.58. The van der Waals surface area contributed by atoms with E-state index in [-0.39, 0.29) is 24.3 Å². The largest absolute Gasteiger partial charge is 0.481 e. The van der Waals surface area contributed by atoms with Gasteiger partial charge in [0.15, 0.2) is 0 Å². The van der Waals surface area contributed by atoms with E-state index in [2.05, 4.69) is 15.6 Å². The van der Waals surface area contributed by atoms with Crippen LogP contribution in [0, 0.1) is 5.92 Å². The maximum Gasteiger partial charge on any atom is 0.317 e. The van der Waals surface area contributed by atoms with Crippen molar-refractivity contribution in [1.82, 2.24) is 25.2 Å². The molecule has 1 saturated heterocycles. The first-order valence-electron chi connectivity index (χ1n) is 7.66. The highest BCUT2D eigenvalue weighted by Gasteiger charge is 2.38. The lowest BCUT2D eigenvalue weighted by molar-refractivity contribution is -0.138. The van der Waals surface area contributed by atoms with Crippen molar-refractivity contribution in [2.24, 2.45) is 13.0 Å². The van der Waals surface area contributed by atoms with E-state index < -0.39 is 5.97 Å². The van der Waals surface area contributed by atoms with Crippen LogP contribution in [0.1, 0.15) is 22.9 Å². The quantitative estimate of drug-likeness (QED) is 0.847. The van der Waals surface area contributed by atoms with Gasteiger partial charge >= 0.3 is 12.0 Å². The zero-order valence-electron chi connectivity index (χ0n) is 13.3. The molecule has 3 rings (SSSR count). The molecular weight excluding hydrogens is 330 g/mol.